The molecular formula is C23H15ClFN3O2. The summed E-state index contributed by atoms with van der Waals surface area (Å²) in [6, 6.07) is 19.6. The number of rotatable bonds is 4. The largest absolute Gasteiger partial charge is 0.280 e. The zero-order chi connectivity index (χ0) is 21.1. The monoisotopic (exact) mass is 419 g/mol. The lowest BCUT2D eigenvalue weighted by Crippen LogP contribution is -2.34. The van der Waals surface area contributed by atoms with Crippen LogP contribution in [0, 0.1) is 5.82 Å². The normalized spacial score (nSPS) is 11.1. The van der Waals surface area contributed by atoms with Crippen molar-refractivity contribution in [3.63, 3.8) is 0 Å². The summed E-state index contributed by atoms with van der Waals surface area (Å²) in [6.45, 7) is 0. The van der Waals surface area contributed by atoms with E-state index >= 15 is 0 Å². The molecule has 0 atom stereocenters. The molecule has 0 spiro atoms. The van der Waals surface area contributed by atoms with Crippen LogP contribution >= 0.6 is 11.6 Å². The number of amides is 1. The Kier molecular flexibility index (Phi) is 5.41. The van der Waals surface area contributed by atoms with Gasteiger partial charge in [0, 0.05) is 11.1 Å². The number of nitrogens with one attached hydrogen (secondary N) is 1. The van der Waals surface area contributed by atoms with Gasteiger partial charge in [-0.15, -0.1) is 0 Å². The van der Waals surface area contributed by atoms with Crippen LogP contribution in [-0.2, 0) is 4.79 Å². The second-order valence-corrected chi connectivity index (χ2v) is 6.87. The van der Waals surface area contributed by atoms with Gasteiger partial charge in [-0.05, 0) is 48.0 Å². The van der Waals surface area contributed by atoms with E-state index in [0.29, 0.717) is 15.9 Å². The van der Waals surface area contributed by atoms with Gasteiger partial charge in [0.15, 0.2) is 5.82 Å². The molecule has 0 unspecified atom stereocenters. The highest BCUT2D eigenvalue weighted by Gasteiger charge is 2.16. The fourth-order valence-electron chi connectivity index (χ4n) is 2.99. The quantitative estimate of drug-likeness (QED) is 0.490. The molecule has 3 aromatic carbocycles. The average Bonchev–Trinajstić information content (AvgIpc) is 2.75. The molecule has 7 heteroatoms. The van der Waals surface area contributed by atoms with E-state index in [2.05, 4.69) is 10.4 Å². The van der Waals surface area contributed by atoms with Crippen molar-refractivity contribution in [2.45, 2.75) is 0 Å². The minimum Gasteiger partial charge on any atom is -0.268 e. The minimum absolute atomic E-state index is 0.00121. The Labute approximate surface area is 176 Å². The van der Waals surface area contributed by atoms with E-state index in [4.69, 9.17) is 11.6 Å². The lowest BCUT2D eigenvalue weighted by molar-refractivity contribution is -0.112. The number of nitrogens with zero attached hydrogens (tertiary/aromatic N) is 2. The molecule has 0 fully saturated rings. The van der Waals surface area contributed by atoms with Crippen LogP contribution in [-0.4, -0.2) is 15.6 Å². The molecular weight excluding hydrogens is 405 g/mol. The highest BCUT2D eigenvalue weighted by molar-refractivity contribution is 6.30. The molecule has 5 nitrogen and oxygen atoms in total. The third kappa shape index (κ3) is 3.99. The van der Waals surface area contributed by atoms with Gasteiger partial charge < -0.3 is 0 Å². The Morgan fingerprint density at radius 1 is 1.03 bits per heavy atom. The molecule has 0 saturated heterocycles. The molecule has 1 aromatic heterocycles. The first-order valence-corrected chi connectivity index (χ1v) is 9.42. The number of halogens is 2. The molecule has 4 rings (SSSR count). The first-order valence-electron chi connectivity index (χ1n) is 9.04. The topological polar surface area (TPSA) is 64.0 Å². The molecule has 0 aliphatic carbocycles. The summed E-state index contributed by atoms with van der Waals surface area (Å²) < 4.78 is 15.4. The van der Waals surface area contributed by atoms with Crippen LogP contribution in [0.25, 0.3) is 28.4 Å². The molecule has 30 heavy (non-hydrogen) atoms. The van der Waals surface area contributed by atoms with Crippen molar-refractivity contribution in [1.82, 2.24) is 9.66 Å². The molecule has 0 saturated carbocycles. The van der Waals surface area contributed by atoms with Crippen LogP contribution in [0.4, 0.5) is 4.39 Å². The highest BCUT2D eigenvalue weighted by atomic mass is 35.5. The Morgan fingerprint density at radius 2 is 1.80 bits per heavy atom. The number of para-hydroxylation sites is 1. The summed E-state index contributed by atoms with van der Waals surface area (Å²) in [5, 5.41) is 0.839. The van der Waals surface area contributed by atoms with E-state index in [1.807, 2.05) is 0 Å². The first-order chi connectivity index (χ1) is 14.5. The van der Waals surface area contributed by atoms with Gasteiger partial charge in [0.05, 0.1) is 16.5 Å². The predicted molar refractivity (Wildman–Crippen MR) is 116 cm³/mol. The van der Waals surface area contributed by atoms with Crippen LogP contribution < -0.4 is 11.0 Å². The number of carbonyl (C=O) groups is 1. The Balaban J connectivity index is 1.78. The van der Waals surface area contributed by atoms with E-state index in [0.717, 1.165) is 10.2 Å². The minimum atomic E-state index is -0.577. The van der Waals surface area contributed by atoms with Crippen LogP contribution in [0.15, 0.2) is 83.7 Å². The van der Waals surface area contributed by atoms with Crippen LogP contribution in [0.2, 0.25) is 5.02 Å². The van der Waals surface area contributed by atoms with E-state index in [9.17, 15) is 14.0 Å². The fourth-order valence-corrected chi connectivity index (χ4v) is 3.19. The van der Waals surface area contributed by atoms with Crippen molar-refractivity contribution in [3.8, 4) is 11.4 Å². The summed E-state index contributed by atoms with van der Waals surface area (Å²) in [7, 11) is 0. The highest BCUT2D eigenvalue weighted by Crippen LogP contribution is 2.21. The Morgan fingerprint density at radius 3 is 2.60 bits per heavy atom. The number of carbonyl (C=O) groups excluding carboxylic acids is 1. The summed E-state index contributed by atoms with van der Waals surface area (Å²) in [5.41, 5.74) is 3.21. The third-order valence-electron chi connectivity index (χ3n) is 4.39. The molecule has 0 aliphatic heterocycles. The molecule has 1 amide bonds. The van der Waals surface area contributed by atoms with Gasteiger partial charge in [0.1, 0.15) is 5.82 Å². The lowest BCUT2D eigenvalue weighted by Gasteiger charge is -2.14. The maximum atomic E-state index is 14.4. The number of hydrogen-bond donors (Lipinski definition) is 1. The number of fused-ring (bicyclic) bond motifs is 1. The summed E-state index contributed by atoms with van der Waals surface area (Å²) in [6.07, 6.45) is 2.82. The fraction of sp³-hybridized carbons (Fsp3) is 0. The average molecular weight is 420 g/mol. The molecule has 148 valence electrons. The van der Waals surface area contributed by atoms with E-state index in [1.165, 1.54) is 24.3 Å². The van der Waals surface area contributed by atoms with Gasteiger partial charge in [-0.2, -0.15) is 4.68 Å². The van der Waals surface area contributed by atoms with Crippen molar-refractivity contribution in [1.29, 1.82) is 0 Å². The maximum absolute atomic E-state index is 14.4. The molecule has 1 N–H and O–H groups in total. The molecule has 4 aromatic rings. The van der Waals surface area contributed by atoms with Crippen molar-refractivity contribution in [2.24, 2.45) is 0 Å². The molecule has 1 heterocycles. The van der Waals surface area contributed by atoms with Crippen molar-refractivity contribution in [3.05, 3.63) is 106 Å². The van der Waals surface area contributed by atoms with Crippen molar-refractivity contribution in [2.75, 3.05) is 5.43 Å². The van der Waals surface area contributed by atoms with E-state index in [-0.39, 0.29) is 11.4 Å². The smallest absolute Gasteiger partial charge is 0.268 e. The lowest BCUT2D eigenvalue weighted by atomic mass is 10.1. The first kappa shape index (κ1) is 19.5. The summed E-state index contributed by atoms with van der Waals surface area (Å²) in [4.78, 5) is 30.0. The van der Waals surface area contributed by atoms with Crippen molar-refractivity contribution < 1.29 is 9.18 Å². The number of aromatic nitrogens is 2. The zero-order valence-corrected chi connectivity index (χ0v) is 16.3. The van der Waals surface area contributed by atoms with Gasteiger partial charge in [0.2, 0.25) is 0 Å². The molecule has 0 aliphatic rings. The van der Waals surface area contributed by atoms with Crippen LogP contribution in [0.1, 0.15) is 5.56 Å². The number of benzene rings is 3. The zero-order valence-electron chi connectivity index (χ0n) is 15.5. The molecule has 0 bridgehead atoms. The standard InChI is InChI=1S/C23H15ClFN3O2/c24-16-7-5-6-15(14-16)12-13-21(29)27-28-22(17-8-1-3-10-19(17)25)26-20-11-4-2-9-18(20)23(28)30/h1-14H,(H,27,29)/b13-12+. The van der Waals surface area contributed by atoms with Gasteiger partial charge >= 0.3 is 0 Å². The second kappa shape index (κ2) is 8.31. The van der Waals surface area contributed by atoms with Gasteiger partial charge in [-0.3, -0.25) is 15.0 Å². The third-order valence-corrected chi connectivity index (χ3v) is 4.62. The van der Waals surface area contributed by atoms with Gasteiger partial charge in [-0.1, -0.05) is 48.0 Å². The Bertz CT molecular complexity index is 1350. The van der Waals surface area contributed by atoms with Gasteiger partial charge in [-0.25, -0.2) is 9.37 Å². The Hall–Kier alpha value is -3.77. The summed E-state index contributed by atoms with van der Waals surface area (Å²) in [5.74, 6) is -1.13. The predicted octanol–water partition coefficient (Wildman–Crippen LogP) is 4.64. The maximum Gasteiger partial charge on any atom is 0.280 e. The van der Waals surface area contributed by atoms with Crippen molar-refractivity contribution >= 4 is 34.5 Å². The van der Waals surface area contributed by atoms with Gasteiger partial charge in [0.25, 0.3) is 11.5 Å². The van der Waals surface area contributed by atoms with E-state index < -0.39 is 17.3 Å². The number of hydrogen-bond acceptors (Lipinski definition) is 3. The van der Waals surface area contributed by atoms with E-state index in [1.54, 1.807) is 60.7 Å². The molecule has 0 radical (unpaired) electrons. The van der Waals surface area contributed by atoms with Crippen LogP contribution in [0.5, 0.6) is 0 Å². The van der Waals surface area contributed by atoms with Crippen LogP contribution in [0.3, 0.4) is 0 Å². The SMILES string of the molecule is O=C(/C=C/c1cccc(Cl)c1)Nn1c(-c2ccccc2F)nc2ccccc2c1=O. The second-order valence-electron chi connectivity index (χ2n) is 6.44. The summed E-state index contributed by atoms with van der Waals surface area (Å²) >= 11 is 5.95.